The Balaban J connectivity index is 0.000000320. The first-order valence-electron chi connectivity index (χ1n) is 11.6. The van der Waals surface area contributed by atoms with Crippen LogP contribution in [0.5, 0.6) is 0 Å². The summed E-state index contributed by atoms with van der Waals surface area (Å²) in [6.07, 6.45) is 3.57. The first-order chi connectivity index (χ1) is 18.9. The molecular formula is C24H29N5O11. The Hall–Kier alpha value is -5.28. The number of nitrogens with zero attached hydrogens (tertiary/aromatic N) is 3. The average Bonchev–Trinajstić information content (AvgIpc) is 3.53. The van der Waals surface area contributed by atoms with Crippen LogP contribution in [0.4, 0.5) is 0 Å². The van der Waals surface area contributed by atoms with Crippen molar-refractivity contribution >= 4 is 41.0 Å². The zero-order valence-corrected chi connectivity index (χ0v) is 22.1. The third-order valence-corrected chi connectivity index (χ3v) is 4.44. The quantitative estimate of drug-likeness (QED) is 0.106. The summed E-state index contributed by atoms with van der Waals surface area (Å²) < 4.78 is 15.1. The number of carbonyl (C=O) groups excluding carboxylic acids is 3. The number of hydrogen-bond donors (Lipinski definition) is 4. The van der Waals surface area contributed by atoms with E-state index in [1.807, 2.05) is 0 Å². The van der Waals surface area contributed by atoms with Crippen LogP contribution in [0.3, 0.4) is 0 Å². The molecule has 0 radical (unpaired) electrons. The molecule has 40 heavy (non-hydrogen) atoms. The zero-order chi connectivity index (χ0) is 30.4. The molecule has 16 nitrogen and oxygen atoms in total. The molecule has 2 aromatic heterocycles. The number of Topliss-reactive ketones (excluding diaryl/α,β-unsaturated/α-hetero) is 1. The van der Waals surface area contributed by atoms with Crippen LogP contribution >= 0.6 is 0 Å². The molecule has 0 unspecified atom stereocenters. The number of carbonyl (C=O) groups is 5. The van der Waals surface area contributed by atoms with Gasteiger partial charge in [-0.25, -0.2) is 28.7 Å². The number of carboxylic acids is 2. The third kappa shape index (κ3) is 9.55. The molecule has 5 N–H and O–H groups in total. The van der Waals surface area contributed by atoms with Crippen LogP contribution < -0.4 is 11.3 Å². The molecule has 216 valence electrons. The minimum Gasteiger partial charge on any atom is -0.500 e. The molecule has 0 atom stereocenters. The molecule has 0 aromatic carbocycles. The molecule has 0 aliphatic carbocycles. The smallest absolute Gasteiger partial charge is 0.354 e. The molecule has 1 aliphatic rings. The number of carboxylic acid groups (broad SMARTS) is 2. The van der Waals surface area contributed by atoms with Gasteiger partial charge in [0.1, 0.15) is 28.8 Å². The molecule has 16 heteroatoms. The Morgan fingerprint density at radius 3 is 2.17 bits per heavy atom. The van der Waals surface area contributed by atoms with Crippen molar-refractivity contribution in [1.29, 1.82) is 0 Å². The number of nitrogens with two attached hydrogens (primary N) is 1. The van der Waals surface area contributed by atoms with E-state index in [2.05, 4.69) is 24.5 Å². The van der Waals surface area contributed by atoms with E-state index < -0.39 is 29.4 Å². The van der Waals surface area contributed by atoms with Gasteiger partial charge in [-0.05, 0) is 33.8 Å². The lowest BCUT2D eigenvalue weighted by Gasteiger charge is -2.03. The van der Waals surface area contributed by atoms with Gasteiger partial charge in [0.05, 0.1) is 26.4 Å². The van der Waals surface area contributed by atoms with Crippen LogP contribution in [-0.2, 0) is 28.6 Å². The van der Waals surface area contributed by atoms with Crippen molar-refractivity contribution in [3.05, 3.63) is 57.5 Å². The summed E-state index contributed by atoms with van der Waals surface area (Å²) in [4.78, 5) is 73.6. The molecule has 0 fully saturated rings. The van der Waals surface area contributed by atoms with Gasteiger partial charge in [0.15, 0.2) is 11.4 Å². The lowest BCUT2D eigenvalue weighted by atomic mass is 10.2. The number of aliphatic carboxylic acids is 1. The maximum Gasteiger partial charge on any atom is 0.354 e. The second-order valence-electron chi connectivity index (χ2n) is 7.36. The van der Waals surface area contributed by atoms with Crippen molar-refractivity contribution in [2.24, 2.45) is 10.7 Å². The van der Waals surface area contributed by atoms with Gasteiger partial charge in [-0.3, -0.25) is 19.7 Å². The summed E-state index contributed by atoms with van der Waals surface area (Å²) in [5.74, 6) is -4.03. The minimum absolute atomic E-state index is 0.0486. The molecule has 0 saturated heterocycles. The van der Waals surface area contributed by atoms with Gasteiger partial charge in [0.25, 0.3) is 5.56 Å². The Bertz CT molecular complexity index is 1420. The number of rotatable bonds is 9. The second-order valence-corrected chi connectivity index (χ2v) is 7.36. The van der Waals surface area contributed by atoms with Crippen molar-refractivity contribution in [2.75, 3.05) is 26.4 Å². The Labute approximate surface area is 226 Å². The number of ketones is 1. The summed E-state index contributed by atoms with van der Waals surface area (Å²) in [5, 5.41) is 19.4. The summed E-state index contributed by atoms with van der Waals surface area (Å²) >= 11 is 0. The summed E-state index contributed by atoms with van der Waals surface area (Å²) in [5.41, 5.74) is 4.71. The molecule has 0 saturated carbocycles. The van der Waals surface area contributed by atoms with Crippen molar-refractivity contribution in [1.82, 2.24) is 14.6 Å². The number of aliphatic imine (C=N–C) groups is 1. The standard InChI is InChI=1S/C10H9N3O5.C9H14O4.C5H6N2O2/c1-2-18-10(17)5-4-11-7-3-6(9(15)16)12-13(7)8(5)14;1-4-12-6-8(7(3)10)9(11)13-5-2;6-3-1-4(5(8)9)7-2-3/h3-4,12H,2H2,1H3,(H,15,16);6H,4-5H2,1-3H3;1H,2,6H2,(H,8,9)/b;8-6-;. The maximum atomic E-state index is 11.9. The lowest BCUT2D eigenvalue weighted by Crippen LogP contribution is -2.24. The summed E-state index contributed by atoms with van der Waals surface area (Å²) in [6.45, 7) is 7.45. The predicted octanol–water partition coefficient (Wildman–Crippen LogP) is 0.325. The summed E-state index contributed by atoms with van der Waals surface area (Å²) in [6, 6.07) is 1.19. The zero-order valence-electron chi connectivity index (χ0n) is 22.1. The van der Waals surface area contributed by atoms with E-state index in [0.29, 0.717) is 18.8 Å². The fourth-order valence-corrected chi connectivity index (χ4v) is 2.64. The third-order valence-electron chi connectivity index (χ3n) is 4.44. The largest absolute Gasteiger partial charge is 0.500 e. The van der Waals surface area contributed by atoms with Crippen LogP contribution in [0, 0.1) is 0 Å². The number of nitrogens with one attached hydrogen (secondary N) is 1. The van der Waals surface area contributed by atoms with Gasteiger partial charge in [-0.2, -0.15) is 0 Å². The van der Waals surface area contributed by atoms with E-state index in [9.17, 15) is 28.8 Å². The average molecular weight is 564 g/mol. The van der Waals surface area contributed by atoms with Crippen molar-refractivity contribution in [3.8, 4) is 0 Å². The molecule has 0 amide bonds. The fraction of sp³-hybridized carbons (Fsp3) is 0.333. The van der Waals surface area contributed by atoms with E-state index in [4.69, 9.17) is 20.7 Å². The van der Waals surface area contributed by atoms with E-state index >= 15 is 0 Å². The molecule has 3 rings (SSSR count). The highest BCUT2D eigenvalue weighted by atomic mass is 16.5. The van der Waals surface area contributed by atoms with E-state index in [1.165, 1.54) is 19.1 Å². The number of ether oxygens (including phenoxy) is 3. The Kier molecular flexibility index (Phi) is 13.0. The van der Waals surface area contributed by atoms with Crippen LogP contribution in [0.1, 0.15) is 48.5 Å². The van der Waals surface area contributed by atoms with E-state index in [-0.39, 0.29) is 47.2 Å². The van der Waals surface area contributed by atoms with Crippen LogP contribution in [0.2, 0.25) is 0 Å². The van der Waals surface area contributed by atoms with Gasteiger partial charge >= 0.3 is 23.9 Å². The number of aromatic carboxylic acids is 1. The van der Waals surface area contributed by atoms with E-state index in [0.717, 1.165) is 17.0 Å². The first-order valence-corrected chi connectivity index (χ1v) is 11.6. The number of aromatic amines is 1. The number of hydrogen-bond acceptors (Lipinski definition) is 12. The van der Waals surface area contributed by atoms with Crippen molar-refractivity contribution < 1.29 is 48.4 Å². The SMILES string of the molecule is CCO/C=C(/C(C)=O)C(=O)OCC.CCOC(=O)c1cnc2cc(C(=O)O)[nH]n2c1=O.NC1=CC(C(=O)O)=NC1. The summed E-state index contributed by atoms with van der Waals surface area (Å²) in [7, 11) is 0. The molecule has 1 aliphatic heterocycles. The fourth-order valence-electron chi connectivity index (χ4n) is 2.64. The highest BCUT2D eigenvalue weighted by molar-refractivity contribution is 6.41. The van der Waals surface area contributed by atoms with Crippen LogP contribution in [0.15, 0.2) is 45.7 Å². The number of aromatic nitrogens is 3. The van der Waals surface area contributed by atoms with Crippen LogP contribution in [-0.4, -0.2) is 86.5 Å². The molecule has 0 spiro atoms. The van der Waals surface area contributed by atoms with Crippen molar-refractivity contribution in [3.63, 3.8) is 0 Å². The van der Waals surface area contributed by atoms with Gasteiger partial charge in [0, 0.05) is 18.0 Å². The van der Waals surface area contributed by atoms with Gasteiger partial charge in [-0.1, -0.05) is 0 Å². The molecule has 0 bridgehead atoms. The van der Waals surface area contributed by atoms with Crippen LogP contribution in [0.25, 0.3) is 5.65 Å². The minimum atomic E-state index is -1.22. The molecular weight excluding hydrogens is 534 g/mol. The Morgan fingerprint density at radius 1 is 1.07 bits per heavy atom. The predicted molar refractivity (Wildman–Crippen MR) is 138 cm³/mol. The molecule has 3 heterocycles. The lowest BCUT2D eigenvalue weighted by molar-refractivity contribution is -0.140. The highest BCUT2D eigenvalue weighted by Gasteiger charge is 2.17. The van der Waals surface area contributed by atoms with Gasteiger partial charge < -0.3 is 30.2 Å². The number of fused-ring (bicyclic) bond motifs is 1. The van der Waals surface area contributed by atoms with Gasteiger partial charge in [-0.15, -0.1) is 0 Å². The van der Waals surface area contributed by atoms with E-state index in [1.54, 1.807) is 20.8 Å². The first kappa shape index (κ1) is 32.7. The normalized spacial score (nSPS) is 12.1. The second kappa shape index (κ2) is 15.9. The van der Waals surface area contributed by atoms with Crippen molar-refractivity contribution in [2.45, 2.75) is 27.7 Å². The number of H-pyrrole nitrogens is 1. The molecule has 2 aromatic rings. The maximum absolute atomic E-state index is 11.9. The van der Waals surface area contributed by atoms with Gasteiger partial charge in [0.2, 0.25) is 0 Å². The monoisotopic (exact) mass is 563 g/mol. The highest BCUT2D eigenvalue weighted by Crippen LogP contribution is 2.03. The Morgan fingerprint density at radius 2 is 1.73 bits per heavy atom. The topological polar surface area (TPSA) is 242 Å². The number of esters is 2.